The van der Waals surface area contributed by atoms with Crippen molar-refractivity contribution in [2.45, 2.75) is 6.54 Å². The van der Waals surface area contributed by atoms with Gasteiger partial charge in [0, 0.05) is 12.1 Å². The quantitative estimate of drug-likeness (QED) is 0.492. The van der Waals surface area contributed by atoms with Crippen LogP contribution in [0.4, 0.5) is 0 Å². The maximum absolute atomic E-state index is 10.5. The number of benzene rings is 1. The monoisotopic (exact) mass is 183 g/mol. The fraction of sp³-hybridized carbons (Fsp3) is 0.125. The van der Waals surface area contributed by atoms with Gasteiger partial charge in [-0.15, -0.1) is 0 Å². The van der Waals surface area contributed by atoms with Gasteiger partial charge in [-0.3, -0.25) is 0 Å². The Morgan fingerprint density at radius 1 is 1.31 bits per heavy atom. The first-order valence-corrected chi connectivity index (χ1v) is 3.54. The third kappa shape index (κ3) is 1.70. The highest BCUT2D eigenvalue weighted by Gasteiger charge is 2.12. The van der Waals surface area contributed by atoms with Gasteiger partial charge in [0.1, 0.15) is 17.1 Å². The molecule has 0 saturated heterocycles. The van der Waals surface area contributed by atoms with Gasteiger partial charge in [-0.25, -0.2) is 4.79 Å². The van der Waals surface area contributed by atoms with Gasteiger partial charge in [-0.2, -0.15) is 0 Å². The van der Waals surface area contributed by atoms with E-state index >= 15 is 0 Å². The highest BCUT2D eigenvalue weighted by atomic mass is 16.4. The summed E-state index contributed by atoms with van der Waals surface area (Å²) in [5, 5.41) is 26.9. The Morgan fingerprint density at radius 2 is 1.92 bits per heavy atom. The van der Waals surface area contributed by atoms with Gasteiger partial charge in [0.2, 0.25) is 0 Å². The molecule has 0 unspecified atom stereocenters. The smallest absolute Gasteiger partial charge is 0.339 e. The van der Waals surface area contributed by atoms with E-state index < -0.39 is 11.7 Å². The Kier molecular flexibility index (Phi) is 2.39. The van der Waals surface area contributed by atoms with Crippen molar-refractivity contribution in [1.82, 2.24) is 0 Å². The molecule has 0 radical (unpaired) electrons. The van der Waals surface area contributed by atoms with E-state index in [-0.39, 0.29) is 17.9 Å². The zero-order chi connectivity index (χ0) is 10.0. The number of nitrogens with two attached hydrogens (primary N) is 1. The van der Waals surface area contributed by atoms with Gasteiger partial charge in [-0.05, 0) is 12.1 Å². The van der Waals surface area contributed by atoms with Crippen molar-refractivity contribution in [2.24, 2.45) is 5.73 Å². The Morgan fingerprint density at radius 3 is 2.38 bits per heavy atom. The van der Waals surface area contributed by atoms with Gasteiger partial charge in [0.05, 0.1) is 0 Å². The zero-order valence-electron chi connectivity index (χ0n) is 6.69. The van der Waals surface area contributed by atoms with E-state index in [1.165, 1.54) is 0 Å². The number of hydrogen-bond donors (Lipinski definition) is 4. The van der Waals surface area contributed by atoms with Crippen molar-refractivity contribution >= 4 is 5.97 Å². The van der Waals surface area contributed by atoms with Crippen LogP contribution in [0.2, 0.25) is 0 Å². The second-order valence-corrected chi connectivity index (χ2v) is 2.51. The number of carbonyl (C=O) groups is 1. The molecule has 1 aromatic rings. The minimum absolute atomic E-state index is 0.0410. The second kappa shape index (κ2) is 3.32. The normalized spacial score (nSPS) is 9.92. The highest BCUT2D eigenvalue weighted by molar-refractivity contribution is 5.91. The molecule has 5 N–H and O–H groups in total. The standard InChI is InChI=1S/C8H9NO4/c9-3-4-1-7(11)5(8(12)13)2-6(4)10/h1-2,10-11H,3,9H2,(H,12,13). The number of phenols is 2. The van der Waals surface area contributed by atoms with E-state index in [2.05, 4.69) is 0 Å². The molecule has 0 aliphatic heterocycles. The molecule has 70 valence electrons. The van der Waals surface area contributed by atoms with Gasteiger partial charge < -0.3 is 21.1 Å². The molecule has 0 fully saturated rings. The summed E-state index contributed by atoms with van der Waals surface area (Å²) < 4.78 is 0. The minimum Gasteiger partial charge on any atom is -0.508 e. The average Bonchev–Trinajstić information content (AvgIpc) is 2.07. The molecular formula is C8H9NO4. The van der Waals surface area contributed by atoms with Crippen molar-refractivity contribution < 1.29 is 20.1 Å². The third-order valence-corrected chi connectivity index (χ3v) is 1.65. The summed E-state index contributed by atoms with van der Waals surface area (Å²) in [6, 6.07) is 2.11. The number of carboxylic acid groups (broad SMARTS) is 1. The number of aromatic hydroxyl groups is 2. The van der Waals surface area contributed by atoms with Crippen molar-refractivity contribution in [1.29, 1.82) is 0 Å². The molecule has 0 aliphatic rings. The Bertz CT molecular complexity index is 348. The fourth-order valence-electron chi connectivity index (χ4n) is 0.955. The van der Waals surface area contributed by atoms with E-state index in [0.29, 0.717) is 5.56 Å². The summed E-state index contributed by atoms with van der Waals surface area (Å²) in [7, 11) is 0. The SMILES string of the molecule is NCc1cc(O)c(C(=O)O)cc1O. The van der Waals surface area contributed by atoms with E-state index in [4.69, 9.17) is 15.9 Å². The Balaban J connectivity index is 3.28. The molecule has 0 spiro atoms. The molecule has 0 heterocycles. The van der Waals surface area contributed by atoms with Crippen LogP contribution in [0.1, 0.15) is 15.9 Å². The van der Waals surface area contributed by atoms with Crippen LogP contribution in [0.15, 0.2) is 12.1 Å². The Labute approximate surface area is 74.0 Å². The van der Waals surface area contributed by atoms with E-state index in [9.17, 15) is 9.90 Å². The zero-order valence-corrected chi connectivity index (χ0v) is 6.69. The molecule has 0 atom stereocenters. The van der Waals surface area contributed by atoms with Crippen LogP contribution in [0.5, 0.6) is 11.5 Å². The molecule has 0 amide bonds. The highest BCUT2D eigenvalue weighted by Crippen LogP contribution is 2.26. The molecular weight excluding hydrogens is 174 g/mol. The molecule has 5 nitrogen and oxygen atoms in total. The summed E-state index contributed by atoms with van der Waals surface area (Å²) in [5.41, 5.74) is 5.20. The topological polar surface area (TPSA) is 104 Å². The fourth-order valence-corrected chi connectivity index (χ4v) is 0.955. The van der Waals surface area contributed by atoms with Crippen LogP contribution in [-0.4, -0.2) is 21.3 Å². The molecule has 0 saturated carbocycles. The van der Waals surface area contributed by atoms with E-state index in [1.807, 2.05) is 0 Å². The summed E-state index contributed by atoms with van der Waals surface area (Å²) in [4.78, 5) is 10.5. The molecule has 13 heavy (non-hydrogen) atoms. The Hall–Kier alpha value is -1.75. The number of phenolic OH excluding ortho intramolecular Hbond substituents is 1. The van der Waals surface area contributed by atoms with Gasteiger partial charge in [0.25, 0.3) is 0 Å². The lowest BCUT2D eigenvalue weighted by Crippen LogP contribution is -2.01. The lowest BCUT2D eigenvalue weighted by molar-refractivity contribution is 0.0693. The first kappa shape index (κ1) is 9.34. The minimum atomic E-state index is -1.30. The molecule has 5 heteroatoms. The van der Waals surface area contributed by atoms with Gasteiger partial charge in [0.15, 0.2) is 0 Å². The molecule has 0 aliphatic carbocycles. The van der Waals surface area contributed by atoms with Crippen LogP contribution >= 0.6 is 0 Å². The lowest BCUT2D eigenvalue weighted by atomic mass is 10.1. The van der Waals surface area contributed by atoms with Gasteiger partial charge in [-0.1, -0.05) is 0 Å². The summed E-state index contributed by atoms with van der Waals surface area (Å²) >= 11 is 0. The maximum Gasteiger partial charge on any atom is 0.339 e. The van der Waals surface area contributed by atoms with Crippen LogP contribution in [0.3, 0.4) is 0 Å². The van der Waals surface area contributed by atoms with E-state index in [1.54, 1.807) is 0 Å². The van der Waals surface area contributed by atoms with Crippen molar-refractivity contribution in [3.63, 3.8) is 0 Å². The number of aromatic carboxylic acids is 1. The molecule has 1 aromatic carbocycles. The first-order valence-electron chi connectivity index (χ1n) is 3.54. The molecule has 0 bridgehead atoms. The van der Waals surface area contributed by atoms with Gasteiger partial charge >= 0.3 is 5.97 Å². The summed E-state index contributed by atoms with van der Waals surface area (Å²) in [6.45, 7) is 0.0410. The maximum atomic E-state index is 10.5. The van der Waals surface area contributed by atoms with Crippen molar-refractivity contribution in [3.8, 4) is 11.5 Å². The van der Waals surface area contributed by atoms with Crippen LogP contribution < -0.4 is 5.73 Å². The van der Waals surface area contributed by atoms with Crippen LogP contribution in [0, 0.1) is 0 Å². The second-order valence-electron chi connectivity index (χ2n) is 2.51. The number of hydrogen-bond acceptors (Lipinski definition) is 4. The van der Waals surface area contributed by atoms with Crippen LogP contribution in [-0.2, 0) is 6.54 Å². The summed E-state index contributed by atoms with van der Waals surface area (Å²) in [6.07, 6.45) is 0. The van der Waals surface area contributed by atoms with Crippen molar-refractivity contribution in [2.75, 3.05) is 0 Å². The predicted molar refractivity (Wildman–Crippen MR) is 44.6 cm³/mol. The van der Waals surface area contributed by atoms with Crippen LogP contribution in [0.25, 0.3) is 0 Å². The lowest BCUT2D eigenvalue weighted by Gasteiger charge is -2.04. The average molecular weight is 183 g/mol. The molecule has 0 aromatic heterocycles. The number of rotatable bonds is 2. The first-order chi connectivity index (χ1) is 6.06. The third-order valence-electron chi connectivity index (χ3n) is 1.65. The van der Waals surface area contributed by atoms with E-state index in [0.717, 1.165) is 12.1 Å². The van der Waals surface area contributed by atoms with Crippen molar-refractivity contribution in [3.05, 3.63) is 23.3 Å². The molecule has 1 rings (SSSR count). The number of carboxylic acids is 1. The predicted octanol–water partition coefficient (Wildman–Crippen LogP) is 0.255. The largest absolute Gasteiger partial charge is 0.508 e. The summed E-state index contributed by atoms with van der Waals surface area (Å²) in [5.74, 6) is -1.92.